The minimum Gasteiger partial charge on any atom is -0.388 e. The average molecular weight is 410 g/mol. The Hall–Kier alpha value is -2.86. The molecule has 0 spiro atoms. The Balaban J connectivity index is 1.55. The Bertz CT molecular complexity index is 818. The van der Waals surface area contributed by atoms with Crippen molar-refractivity contribution >= 4 is 17.6 Å². The van der Waals surface area contributed by atoms with E-state index in [2.05, 4.69) is 10.6 Å². The fourth-order valence-corrected chi connectivity index (χ4v) is 3.90. The first-order valence-corrected chi connectivity index (χ1v) is 10.6. The molecule has 2 atom stereocenters. The fraction of sp³-hybridized carbons (Fsp3) is 0.417. The minimum atomic E-state index is -0.593. The molecule has 2 unspecified atom stereocenters. The average Bonchev–Trinajstić information content (AvgIpc) is 2.78. The maximum atomic E-state index is 13.1. The van der Waals surface area contributed by atoms with Crippen LogP contribution in [0.2, 0.25) is 0 Å². The lowest BCUT2D eigenvalue weighted by Crippen LogP contribution is -2.54. The van der Waals surface area contributed by atoms with Gasteiger partial charge in [0.25, 0.3) is 0 Å². The summed E-state index contributed by atoms with van der Waals surface area (Å²) in [6, 6.07) is 17.8. The van der Waals surface area contributed by atoms with Gasteiger partial charge in [-0.2, -0.15) is 0 Å². The van der Waals surface area contributed by atoms with Crippen LogP contribution in [-0.2, 0) is 4.79 Å². The summed E-state index contributed by atoms with van der Waals surface area (Å²) >= 11 is 0. The van der Waals surface area contributed by atoms with Crippen LogP contribution >= 0.6 is 0 Å². The second-order valence-electron chi connectivity index (χ2n) is 8.20. The molecule has 1 aliphatic rings. The van der Waals surface area contributed by atoms with E-state index in [-0.39, 0.29) is 23.8 Å². The van der Waals surface area contributed by atoms with Crippen molar-refractivity contribution in [2.45, 2.75) is 38.8 Å². The number of rotatable bonds is 6. The van der Waals surface area contributed by atoms with E-state index in [1.807, 2.05) is 67.3 Å². The van der Waals surface area contributed by atoms with E-state index in [4.69, 9.17) is 0 Å². The maximum Gasteiger partial charge on any atom is 0.319 e. The van der Waals surface area contributed by atoms with Crippen LogP contribution in [-0.4, -0.2) is 41.1 Å². The van der Waals surface area contributed by atoms with Crippen molar-refractivity contribution in [2.75, 3.05) is 18.4 Å². The summed E-state index contributed by atoms with van der Waals surface area (Å²) in [7, 11) is 0. The number of benzene rings is 2. The number of hydrogen-bond acceptors (Lipinski definition) is 3. The van der Waals surface area contributed by atoms with E-state index in [0.717, 1.165) is 18.4 Å². The van der Waals surface area contributed by atoms with Crippen LogP contribution in [0.1, 0.15) is 38.4 Å². The van der Waals surface area contributed by atoms with Gasteiger partial charge in [-0.05, 0) is 42.4 Å². The number of carbonyl (C=O) groups is 2. The Kier molecular flexibility index (Phi) is 7.46. The molecular weight excluding hydrogens is 378 g/mol. The first kappa shape index (κ1) is 21.8. The van der Waals surface area contributed by atoms with Gasteiger partial charge in [0.05, 0.1) is 6.10 Å². The lowest BCUT2D eigenvalue weighted by atomic mass is 9.87. The molecule has 160 valence electrons. The topological polar surface area (TPSA) is 81.7 Å². The molecule has 0 radical (unpaired) electrons. The molecule has 0 bridgehead atoms. The quantitative estimate of drug-likeness (QED) is 0.679. The number of carbonyl (C=O) groups excluding carboxylic acids is 2. The number of piperidine rings is 1. The second-order valence-corrected chi connectivity index (χ2v) is 8.20. The predicted octanol–water partition coefficient (Wildman–Crippen LogP) is 3.80. The molecule has 1 aliphatic heterocycles. The van der Waals surface area contributed by atoms with Crippen LogP contribution in [0.15, 0.2) is 60.7 Å². The number of urea groups is 1. The molecule has 0 aromatic heterocycles. The number of nitrogens with one attached hydrogen (secondary N) is 2. The molecule has 1 fully saturated rings. The van der Waals surface area contributed by atoms with Crippen molar-refractivity contribution < 1.29 is 14.7 Å². The zero-order valence-electron chi connectivity index (χ0n) is 17.6. The molecule has 3 N–H and O–H groups in total. The molecule has 0 aliphatic carbocycles. The van der Waals surface area contributed by atoms with Crippen LogP contribution < -0.4 is 10.6 Å². The summed E-state index contributed by atoms with van der Waals surface area (Å²) in [5.41, 5.74) is 1.60. The van der Waals surface area contributed by atoms with Crippen LogP contribution in [0.3, 0.4) is 0 Å². The van der Waals surface area contributed by atoms with Crippen LogP contribution in [0.4, 0.5) is 10.5 Å². The Labute approximate surface area is 178 Å². The fourth-order valence-electron chi connectivity index (χ4n) is 3.90. The van der Waals surface area contributed by atoms with E-state index >= 15 is 0 Å². The van der Waals surface area contributed by atoms with E-state index in [9.17, 15) is 14.7 Å². The Morgan fingerprint density at radius 1 is 0.967 bits per heavy atom. The number of para-hydroxylation sites is 1. The van der Waals surface area contributed by atoms with E-state index in [1.54, 1.807) is 12.1 Å². The summed E-state index contributed by atoms with van der Waals surface area (Å²) in [6.07, 6.45) is 0.963. The van der Waals surface area contributed by atoms with Gasteiger partial charge in [-0.3, -0.25) is 4.79 Å². The number of nitrogens with zero attached hydrogens (tertiary/aromatic N) is 1. The van der Waals surface area contributed by atoms with Crippen molar-refractivity contribution in [3.05, 3.63) is 66.2 Å². The van der Waals surface area contributed by atoms with Crippen LogP contribution in [0.25, 0.3) is 0 Å². The molecule has 1 heterocycles. The first-order valence-electron chi connectivity index (χ1n) is 10.6. The highest BCUT2D eigenvalue weighted by atomic mass is 16.3. The second kappa shape index (κ2) is 10.3. The molecular formula is C24H31N3O3. The summed E-state index contributed by atoms with van der Waals surface area (Å²) in [5, 5.41) is 16.3. The van der Waals surface area contributed by atoms with Gasteiger partial charge in [-0.25, -0.2) is 4.79 Å². The third-order valence-electron chi connectivity index (χ3n) is 5.69. The Morgan fingerprint density at radius 2 is 1.53 bits per heavy atom. The molecule has 0 saturated carbocycles. The van der Waals surface area contributed by atoms with Gasteiger partial charge in [-0.1, -0.05) is 62.4 Å². The zero-order chi connectivity index (χ0) is 21.5. The van der Waals surface area contributed by atoms with Crippen LogP contribution in [0.5, 0.6) is 0 Å². The number of anilines is 1. The molecule has 2 aromatic rings. The van der Waals surface area contributed by atoms with Gasteiger partial charge in [0.1, 0.15) is 6.04 Å². The van der Waals surface area contributed by atoms with E-state index in [1.165, 1.54) is 0 Å². The van der Waals surface area contributed by atoms with Crippen molar-refractivity contribution in [1.29, 1.82) is 0 Å². The predicted molar refractivity (Wildman–Crippen MR) is 118 cm³/mol. The first-order chi connectivity index (χ1) is 14.5. The highest BCUT2D eigenvalue weighted by Crippen LogP contribution is 2.31. The van der Waals surface area contributed by atoms with Crippen molar-refractivity contribution in [2.24, 2.45) is 11.8 Å². The van der Waals surface area contributed by atoms with E-state index in [0.29, 0.717) is 18.8 Å². The molecule has 3 amide bonds. The standard InChI is InChI=1S/C24H31N3O3/c1-17(2)21(26-24(30)25-20-11-7-4-8-12-20)23(29)27-15-13-19(14-16-27)22(28)18-9-5-3-6-10-18/h3-12,17,19,21-22,28H,13-16H2,1-2H3,(H2,25,26,30). The molecule has 6 nitrogen and oxygen atoms in total. The summed E-state index contributed by atoms with van der Waals surface area (Å²) in [4.78, 5) is 27.3. The van der Waals surface area contributed by atoms with Crippen molar-refractivity contribution in [1.82, 2.24) is 10.2 Å². The summed E-state index contributed by atoms with van der Waals surface area (Å²) < 4.78 is 0. The Morgan fingerprint density at radius 3 is 2.10 bits per heavy atom. The number of hydrogen-bond donors (Lipinski definition) is 3. The van der Waals surface area contributed by atoms with Crippen LogP contribution in [0, 0.1) is 11.8 Å². The number of aliphatic hydroxyl groups excluding tert-OH is 1. The van der Waals surface area contributed by atoms with Crippen molar-refractivity contribution in [3.63, 3.8) is 0 Å². The summed E-state index contributed by atoms with van der Waals surface area (Å²) in [6.45, 7) is 5.02. The number of amides is 3. The number of aliphatic hydroxyl groups is 1. The molecule has 3 rings (SSSR count). The van der Waals surface area contributed by atoms with Gasteiger partial charge < -0.3 is 20.6 Å². The minimum absolute atomic E-state index is 0.0355. The lowest BCUT2D eigenvalue weighted by molar-refractivity contribution is -0.136. The summed E-state index contributed by atoms with van der Waals surface area (Å²) in [5.74, 6) is 0.0239. The number of likely N-dealkylation sites (tertiary alicyclic amines) is 1. The van der Waals surface area contributed by atoms with Gasteiger partial charge in [0.2, 0.25) is 5.91 Å². The molecule has 2 aromatic carbocycles. The van der Waals surface area contributed by atoms with Gasteiger partial charge in [0.15, 0.2) is 0 Å². The monoisotopic (exact) mass is 409 g/mol. The van der Waals surface area contributed by atoms with Gasteiger partial charge in [0, 0.05) is 18.8 Å². The third kappa shape index (κ3) is 5.60. The normalized spacial score (nSPS) is 16.7. The molecule has 6 heteroatoms. The van der Waals surface area contributed by atoms with Crippen molar-refractivity contribution in [3.8, 4) is 0 Å². The molecule has 1 saturated heterocycles. The lowest BCUT2D eigenvalue weighted by Gasteiger charge is -2.37. The SMILES string of the molecule is CC(C)C(NC(=O)Nc1ccccc1)C(=O)N1CCC(C(O)c2ccccc2)CC1. The smallest absolute Gasteiger partial charge is 0.319 e. The van der Waals surface area contributed by atoms with Gasteiger partial charge in [-0.15, -0.1) is 0 Å². The van der Waals surface area contributed by atoms with Gasteiger partial charge >= 0.3 is 6.03 Å². The largest absolute Gasteiger partial charge is 0.388 e. The maximum absolute atomic E-state index is 13.1. The highest BCUT2D eigenvalue weighted by molar-refractivity contribution is 5.93. The third-order valence-corrected chi connectivity index (χ3v) is 5.69. The zero-order valence-corrected chi connectivity index (χ0v) is 17.6. The molecule has 30 heavy (non-hydrogen) atoms. The highest BCUT2D eigenvalue weighted by Gasteiger charge is 2.33. The van der Waals surface area contributed by atoms with E-state index < -0.39 is 12.1 Å².